The van der Waals surface area contributed by atoms with Crippen molar-refractivity contribution in [2.45, 2.75) is 12.8 Å². The molecule has 3 aliphatic rings. The van der Waals surface area contributed by atoms with Crippen LogP contribution >= 0.6 is 0 Å². The number of allylic oxidation sites excluding steroid dienone is 6. The van der Waals surface area contributed by atoms with Crippen molar-refractivity contribution in [3.8, 4) is 0 Å². The van der Waals surface area contributed by atoms with Gasteiger partial charge in [-0.2, -0.15) is 0 Å². The number of rotatable bonds is 0. The van der Waals surface area contributed by atoms with Gasteiger partial charge < -0.3 is 0 Å². The average Bonchev–Trinajstić information content (AvgIpc) is 2.72. The van der Waals surface area contributed by atoms with Crippen molar-refractivity contribution < 1.29 is 4.79 Å². The van der Waals surface area contributed by atoms with Gasteiger partial charge in [0.1, 0.15) is 5.78 Å². The van der Waals surface area contributed by atoms with E-state index in [1.54, 1.807) is 0 Å². The molecule has 1 fully saturated rings. The molecule has 0 aromatic heterocycles. The fraction of sp³-hybridized carbons (Fsp3) is 0.417. The summed E-state index contributed by atoms with van der Waals surface area (Å²) in [4.78, 5) is 11.9. The van der Waals surface area contributed by atoms with E-state index in [1.165, 1.54) is 5.57 Å². The lowest BCUT2D eigenvalue weighted by atomic mass is 9.90. The molecule has 0 bridgehead atoms. The number of carbonyl (C=O) groups excluding carboxylic acids is 1. The van der Waals surface area contributed by atoms with E-state index in [1.807, 2.05) is 0 Å². The molecule has 0 radical (unpaired) electrons. The van der Waals surface area contributed by atoms with Crippen LogP contribution in [0, 0.1) is 17.8 Å². The first-order valence-corrected chi connectivity index (χ1v) is 4.95. The number of Topliss-reactive ketones (excluding diaryl/α,β-unsaturated/α-hetero) is 1. The normalized spacial score (nSPS) is 40.5. The Bertz CT molecular complexity index is 346. The summed E-state index contributed by atoms with van der Waals surface area (Å²) in [5.41, 5.74) is 1.37. The SMILES string of the molecule is O=C1C2CC=CC=C2C2C=CCC12. The van der Waals surface area contributed by atoms with E-state index in [4.69, 9.17) is 0 Å². The van der Waals surface area contributed by atoms with Crippen molar-refractivity contribution in [3.05, 3.63) is 36.0 Å². The standard InChI is InChI=1S/C12H12O/c13-12-10-5-2-1-4-8(10)9-6-3-7-11(9)12/h1-4,6,9-11H,5,7H2. The van der Waals surface area contributed by atoms with Crippen LogP contribution in [0.2, 0.25) is 0 Å². The van der Waals surface area contributed by atoms with Gasteiger partial charge in [-0.25, -0.2) is 0 Å². The van der Waals surface area contributed by atoms with Gasteiger partial charge in [0.2, 0.25) is 0 Å². The van der Waals surface area contributed by atoms with Gasteiger partial charge in [0.25, 0.3) is 0 Å². The summed E-state index contributed by atoms with van der Waals surface area (Å²) in [5.74, 6) is 1.44. The first-order chi connectivity index (χ1) is 6.38. The van der Waals surface area contributed by atoms with E-state index in [9.17, 15) is 4.79 Å². The molecule has 1 nitrogen and oxygen atoms in total. The van der Waals surface area contributed by atoms with Gasteiger partial charge >= 0.3 is 0 Å². The predicted octanol–water partition coefficient (Wildman–Crippen LogP) is 2.26. The number of fused-ring (bicyclic) bond motifs is 3. The van der Waals surface area contributed by atoms with Crippen LogP contribution in [0.4, 0.5) is 0 Å². The molecule has 0 N–H and O–H groups in total. The highest BCUT2D eigenvalue weighted by molar-refractivity contribution is 5.91. The van der Waals surface area contributed by atoms with E-state index in [0.717, 1.165) is 12.8 Å². The summed E-state index contributed by atoms with van der Waals surface area (Å²) in [6.07, 6.45) is 12.6. The maximum Gasteiger partial charge on any atom is 0.144 e. The van der Waals surface area contributed by atoms with Crippen LogP contribution in [0.5, 0.6) is 0 Å². The third-order valence-corrected chi connectivity index (χ3v) is 3.46. The van der Waals surface area contributed by atoms with Gasteiger partial charge in [-0.1, -0.05) is 36.0 Å². The summed E-state index contributed by atoms with van der Waals surface area (Å²) < 4.78 is 0. The maximum absolute atomic E-state index is 11.9. The number of hydrogen-bond donors (Lipinski definition) is 0. The third-order valence-electron chi connectivity index (χ3n) is 3.46. The van der Waals surface area contributed by atoms with Crippen LogP contribution in [-0.2, 0) is 4.79 Å². The van der Waals surface area contributed by atoms with Crippen molar-refractivity contribution in [1.82, 2.24) is 0 Å². The van der Waals surface area contributed by atoms with E-state index >= 15 is 0 Å². The van der Waals surface area contributed by atoms with Crippen molar-refractivity contribution in [1.29, 1.82) is 0 Å². The minimum atomic E-state index is 0.227. The van der Waals surface area contributed by atoms with Gasteiger partial charge in [-0.3, -0.25) is 4.79 Å². The number of ketones is 1. The Labute approximate surface area is 77.8 Å². The first kappa shape index (κ1) is 7.31. The highest BCUT2D eigenvalue weighted by Crippen LogP contribution is 2.46. The summed E-state index contributed by atoms with van der Waals surface area (Å²) in [7, 11) is 0. The molecular formula is C12H12O. The Balaban J connectivity index is 2.07. The van der Waals surface area contributed by atoms with Crippen LogP contribution in [0.1, 0.15) is 12.8 Å². The fourth-order valence-electron chi connectivity index (χ4n) is 2.82. The Hall–Kier alpha value is -1.11. The van der Waals surface area contributed by atoms with Gasteiger partial charge in [-0.15, -0.1) is 0 Å². The molecule has 0 aromatic carbocycles. The summed E-state index contributed by atoms with van der Waals surface area (Å²) >= 11 is 0. The van der Waals surface area contributed by atoms with Crippen molar-refractivity contribution in [2.24, 2.45) is 17.8 Å². The molecular weight excluding hydrogens is 160 g/mol. The predicted molar refractivity (Wildman–Crippen MR) is 51.1 cm³/mol. The second-order valence-corrected chi connectivity index (χ2v) is 4.08. The second-order valence-electron chi connectivity index (χ2n) is 4.08. The lowest BCUT2D eigenvalue weighted by molar-refractivity contribution is -0.123. The molecule has 0 heterocycles. The molecule has 66 valence electrons. The molecule has 3 rings (SSSR count). The second kappa shape index (κ2) is 2.44. The third kappa shape index (κ3) is 0.846. The lowest BCUT2D eigenvalue weighted by Crippen LogP contribution is -2.14. The summed E-state index contributed by atoms with van der Waals surface area (Å²) in [6, 6.07) is 0. The minimum Gasteiger partial charge on any atom is -0.299 e. The molecule has 0 spiro atoms. The van der Waals surface area contributed by atoms with Gasteiger partial charge in [0.15, 0.2) is 0 Å². The van der Waals surface area contributed by atoms with E-state index < -0.39 is 0 Å². The topological polar surface area (TPSA) is 17.1 Å². The molecule has 3 atom stereocenters. The van der Waals surface area contributed by atoms with Gasteiger partial charge in [0.05, 0.1) is 0 Å². The zero-order valence-electron chi connectivity index (χ0n) is 7.44. The number of carbonyl (C=O) groups is 1. The molecule has 0 amide bonds. The van der Waals surface area contributed by atoms with Gasteiger partial charge in [0, 0.05) is 17.8 Å². The average molecular weight is 172 g/mol. The monoisotopic (exact) mass is 172 g/mol. The van der Waals surface area contributed by atoms with Crippen molar-refractivity contribution in [2.75, 3.05) is 0 Å². The molecule has 0 saturated heterocycles. The molecule has 13 heavy (non-hydrogen) atoms. The molecule has 3 unspecified atom stereocenters. The molecule has 0 aliphatic heterocycles. The maximum atomic E-state index is 11.9. The Morgan fingerprint density at radius 2 is 2.15 bits per heavy atom. The highest BCUT2D eigenvalue weighted by Gasteiger charge is 2.45. The van der Waals surface area contributed by atoms with Crippen LogP contribution < -0.4 is 0 Å². The summed E-state index contributed by atoms with van der Waals surface area (Å²) in [6.45, 7) is 0. The molecule has 1 heteroatoms. The molecule has 1 saturated carbocycles. The van der Waals surface area contributed by atoms with Crippen molar-refractivity contribution in [3.63, 3.8) is 0 Å². The largest absolute Gasteiger partial charge is 0.299 e. The zero-order valence-corrected chi connectivity index (χ0v) is 7.44. The summed E-state index contributed by atoms with van der Waals surface area (Å²) in [5, 5.41) is 0. The number of hydrogen-bond acceptors (Lipinski definition) is 1. The highest BCUT2D eigenvalue weighted by atomic mass is 16.1. The van der Waals surface area contributed by atoms with Crippen molar-refractivity contribution >= 4 is 5.78 Å². The van der Waals surface area contributed by atoms with E-state index in [2.05, 4.69) is 30.4 Å². The smallest absolute Gasteiger partial charge is 0.144 e. The van der Waals surface area contributed by atoms with Crippen LogP contribution in [0.15, 0.2) is 36.0 Å². The Kier molecular flexibility index (Phi) is 1.37. The van der Waals surface area contributed by atoms with E-state index in [0.29, 0.717) is 11.7 Å². The van der Waals surface area contributed by atoms with Crippen LogP contribution in [0.3, 0.4) is 0 Å². The van der Waals surface area contributed by atoms with Crippen LogP contribution in [0.25, 0.3) is 0 Å². The first-order valence-electron chi connectivity index (χ1n) is 4.95. The van der Waals surface area contributed by atoms with Gasteiger partial charge in [-0.05, 0) is 12.8 Å². The molecule has 3 aliphatic carbocycles. The Morgan fingerprint density at radius 1 is 1.23 bits per heavy atom. The Morgan fingerprint density at radius 3 is 3.08 bits per heavy atom. The quantitative estimate of drug-likeness (QED) is 0.512. The minimum absolute atomic E-state index is 0.227. The lowest BCUT2D eigenvalue weighted by Gasteiger charge is -2.13. The van der Waals surface area contributed by atoms with Crippen LogP contribution in [-0.4, -0.2) is 5.78 Å². The zero-order chi connectivity index (χ0) is 8.84. The van der Waals surface area contributed by atoms with E-state index in [-0.39, 0.29) is 11.8 Å². The molecule has 0 aromatic rings. The fourth-order valence-corrected chi connectivity index (χ4v) is 2.82.